The van der Waals surface area contributed by atoms with Crippen LogP contribution in [-0.4, -0.2) is 13.6 Å². The first kappa shape index (κ1) is 7.89. The van der Waals surface area contributed by atoms with Crippen LogP contribution in [0.2, 0.25) is 0 Å². The Hall–Kier alpha value is -1.30. The highest BCUT2D eigenvalue weighted by atomic mass is 19.4. The summed E-state index contributed by atoms with van der Waals surface area (Å²) in [7, 11) is 0. The molecule has 0 aliphatic carbocycles. The van der Waals surface area contributed by atoms with Crippen molar-refractivity contribution in [2.45, 2.75) is 12.2 Å². The molecule has 1 aromatic carbocycles. The molecule has 16 heavy (non-hydrogen) atoms. The maximum absolute atomic E-state index is 13.4. The summed E-state index contributed by atoms with van der Waals surface area (Å²) in [5, 5.41) is 2.19. The summed E-state index contributed by atoms with van der Waals surface area (Å²) in [6, 6.07) is 0.347. The number of ether oxygens (including phenoxy) is 1. The van der Waals surface area contributed by atoms with Gasteiger partial charge in [-0.05, 0) is 19.1 Å². The Morgan fingerprint density at radius 2 is 2.25 bits per heavy atom. The molecule has 0 bridgehead atoms. The molecule has 0 saturated heterocycles. The Bertz CT molecular complexity index is 501. The second-order valence-electron chi connectivity index (χ2n) is 3.38. The van der Waals surface area contributed by atoms with Crippen LogP contribution < -0.4 is 10.1 Å². The molecular weight excluding hydrogens is 226 g/mol. The summed E-state index contributed by atoms with van der Waals surface area (Å²) in [6.07, 6.45) is -4.82. The van der Waals surface area contributed by atoms with Crippen LogP contribution in [0.15, 0.2) is 12.1 Å². The van der Waals surface area contributed by atoms with Crippen molar-refractivity contribution in [3.05, 3.63) is 29.1 Å². The second-order valence-corrected chi connectivity index (χ2v) is 3.38. The van der Waals surface area contributed by atoms with E-state index in [2.05, 4.69) is 5.32 Å². The second kappa shape index (κ2) is 3.62. The molecule has 1 aliphatic heterocycles. The van der Waals surface area contributed by atoms with Gasteiger partial charge in [0.1, 0.15) is 18.2 Å². The Balaban J connectivity index is 2.36. The highest BCUT2D eigenvalue weighted by Gasteiger charge is 2.37. The van der Waals surface area contributed by atoms with Crippen molar-refractivity contribution in [1.29, 1.82) is 0 Å². The zero-order chi connectivity index (χ0) is 14.4. The van der Waals surface area contributed by atoms with E-state index in [4.69, 9.17) is 8.85 Å². The van der Waals surface area contributed by atoms with Gasteiger partial charge in [-0.1, -0.05) is 0 Å². The Morgan fingerprint density at radius 1 is 1.50 bits per heavy atom. The third kappa shape index (κ3) is 1.73. The van der Waals surface area contributed by atoms with Gasteiger partial charge in [0.25, 0.3) is 0 Å². The molecule has 0 radical (unpaired) electrons. The van der Waals surface area contributed by atoms with Crippen molar-refractivity contribution in [3.63, 3.8) is 0 Å². The number of hydrogen-bond acceptors (Lipinski definition) is 2. The summed E-state index contributed by atoms with van der Waals surface area (Å²) >= 11 is 0. The molecular formula is C10H9F4NO. The van der Waals surface area contributed by atoms with E-state index >= 15 is 0 Å². The zero-order valence-electron chi connectivity index (χ0n) is 10.9. The van der Waals surface area contributed by atoms with Crippen molar-refractivity contribution < 1.29 is 26.4 Å². The highest BCUT2D eigenvalue weighted by Crippen LogP contribution is 2.39. The van der Waals surface area contributed by atoms with E-state index in [0.717, 1.165) is 0 Å². The number of nitrogens with one attached hydrogen (secondary N) is 1. The molecule has 1 heterocycles. The molecule has 6 heteroatoms. The average molecular weight is 238 g/mol. The first-order chi connectivity index (χ1) is 8.58. The molecule has 1 unspecified atom stereocenters. The van der Waals surface area contributed by atoms with Crippen LogP contribution in [0.3, 0.4) is 0 Å². The first-order valence-corrected chi connectivity index (χ1v) is 4.39. The normalized spacial score (nSPS) is 23.0. The lowest BCUT2D eigenvalue weighted by Crippen LogP contribution is -2.17. The summed E-state index contributed by atoms with van der Waals surface area (Å²) < 4.78 is 76.9. The minimum atomic E-state index is -4.82. The van der Waals surface area contributed by atoms with Crippen LogP contribution in [0.25, 0.3) is 0 Å². The highest BCUT2D eigenvalue weighted by molar-refractivity contribution is 5.44. The number of halogens is 4. The van der Waals surface area contributed by atoms with E-state index in [-0.39, 0.29) is 17.9 Å². The van der Waals surface area contributed by atoms with E-state index in [0.29, 0.717) is 12.1 Å². The lowest BCUT2D eigenvalue weighted by atomic mass is 10.1. The lowest BCUT2D eigenvalue weighted by Gasteiger charge is -2.11. The molecule has 0 spiro atoms. The molecule has 1 aromatic rings. The molecule has 1 aliphatic rings. The van der Waals surface area contributed by atoms with E-state index in [1.165, 1.54) is 0 Å². The quantitative estimate of drug-likeness (QED) is 0.759. The molecule has 1 N–H and O–H groups in total. The number of fused-ring (bicyclic) bond motifs is 1. The van der Waals surface area contributed by atoms with E-state index in [9.17, 15) is 17.6 Å². The number of rotatable bonds is 1. The van der Waals surface area contributed by atoms with Gasteiger partial charge in [-0.15, -0.1) is 0 Å². The number of likely N-dealkylation sites (N-methyl/N-ethyl adjacent to an activating group) is 1. The minimum absolute atomic E-state index is 0.0709. The Morgan fingerprint density at radius 3 is 2.88 bits per heavy atom. The topological polar surface area (TPSA) is 21.3 Å². The van der Waals surface area contributed by atoms with Crippen LogP contribution in [0, 0.1) is 5.82 Å². The number of alkyl halides is 3. The number of hydrogen-bond donors (Lipinski definition) is 1. The van der Waals surface area contributed by atoms with Crippen LogP contribution >= 0.6 is 0 Å². The van der Waals surface area contributed by atoms with Gasteiger partial charge in [-0.25, -0.2) is 4.39 Å². The van der Waals surface area contributed by atoms with Crippen molar-refractivity contribution in [1.82, 2.24) is 5.32 Å². The monoisotopic (exact) mass is 238 g/mol. The lowest BCUT2D eigenvalue weighted by molar-refractivity contribution is -0.140. The predicted molar refractivity (Wildman–Crippen MR) is 48.7 cm³/mol. The first-order valence-electron chi connectivity index (χ1n) is 5.89. The standard InChI is InChI=1S/C10H9F4NO/c1-15-8-4-16-9-3-6(10(12,13)14)7(11)2-5(8)9/h2-3,8,15H,4H2,1H3/i1D3. The maximum Gasteiger partial charge on any atom is 0.419 e. The fourth-order valence-electron chi connectivity index (χ4n) is 1.57. The molecule has 0 amide bonds. The van der Waals surface area contributed by atoms with Crippen LogP contribution in [0.1, 0.15) is 21.3 Å². The summed E-state index contributed by atoms with van der Waals surface area (Å²) in [5.41, 5.74) is -1.36. The average Bonchev–Trinajstić information content (AvgIpc) is 2.56. The SMILES string of the molecule is [2H]C([2H])([2H])NC1COc2cc(C(F)(F)F)c(F)cc21. The van der Waals surface area contributed by atoms with Gasteiger partial charge in [0.05, 0.1) is 11.6 Å². The van der Waals surface area contributed by atoms with Gasteiger partial charge in [-0.2, -0.15) is 13.2 Å². The van der Waals surface area contributed by atoms with Crippen LogP contribution in [0.4, 0.5) is 17.6 Å². The van der Waals surface area contributed by atoms with Gasteiger partial charge in [0.2, 0.25) is 0 Å². The summed E-state index contributed by atoms with van der Waals surface area (Å²) in [6.45, 7) is -2.65. The van der Waals surface area contributed by atoms with E-state index in [1.54, 1.807) is 0 Å². The fourth-order valence-corrected chi connectivity index (χ4v) is 1.57. The molecule has 0 aromatic heterocycles. The van der Waals surface area contributed by atoms with E-state index in [1.807, 2.05) is 0 Å². The van der Waals surface area contributed by atoms with Gasteiger partial charge < -0.3 is 10.1 Å². The van der Waals surface area contributed by atoms with Crippen molar-refractivity contribution >= 4 is 0 Å². The number of benzene rings is 1. The van der Waals surface area contributed by atoms with Gasteiger partial charge in [0, 0.05) is 9.68 Å². The maximum atomic E-state index is 13.4. The molecule has 0 fully saturated rings. The van der Waals surface area contributed by atoms with Crippen molar-refractivity contribution in [3.8, 4) is 5.75 Å². The predicted octanol–water partition coefficient (Wildman–Crippen LogP) is 2.50. The largest absolute Gasteiger partial charge is 0.491 e. The molecule has 0 saturated carbocycles. The Kier molecular flexibility index (Phi) is 1.79. The smallest absolute Gasteiger partial charge is 0.419 e. The Labute approximate surface area is 93.4 Å². The third-order valence-electron chi connectivity index (χ3n) is 2.36. The zero-order valence-corrected chi connectivity index (χ0v) is 7.86. The molecule has 2 rings (SSSR count). The third-order valence-corrected chi connectivity index (χ3v) is 2.36. The molecule has 88 valence electrons. The van der Waals surface area contributed by atoms with Crippen molar-refractivity contribution in [2.24, 2.45) is 0 Å². The summed E-state index contributed by atoms with van der Waals surface area (Å²) in [4.78, 5) is 0. The minimum Gasteiger partial charge on any atom is -0.491 e. The van der Waals surface area contributed by atoms with Crippen LogP contribution in [0.5, 0.6) is 5.75 Å². The van der Waals surface area contributed by atoms with Crippen molar-refractivity contribution in [2.75, 3.05) is 13.6 Å². The van der Waals surface area contributed by atoms with E-state index < -0.39 is 30.6 Å². The van der Waals surface area contributed by atoms with Crippen LogP contribution in [-0.2, 0) is 6.18 Å². The summed E-state index contributed by atoms with van der Waals surface area (Å²) in [5.74, 6) is -1.61. The fraction of sp³-hybridized carbons (Fsp3) is 0.400. The van der Waals surface area contributed by atoms with Gasteiger partial charge in [0.15, 0.2) is 0 Å². The van der Waals surface area contributed by atoms with Gasteiger partial charge >= 0.3 is 6.18 Å². The molecule has 2 nitrogen and oxygen atoms in total. The molecule has 1 atom stereocenters. The van der Waals surface area contributed by atoms with Gasteiger partial charge in [-0.3, -0.25) is 0 Å².